The number of nitrogens with zero attached hydrogens (tertiary/aromatic N) is 1. The van der Waals surface area contributed by atoms with Crippen molar-refractivity contribution in [2.24, 2.45) is 5.92 Å². The van der Waals surface area contributed by atoms with Crippen molar-refractivity contribution in [3.63, 3.8) is 0 Å². The highest BCUT2D eigenvalue weighted by Crippen LogP contribution is 2.55. The maximum absolute atomic E-state index is 6.34. The second kappa shape index (κ2) is 5.03. The lowest BCUT2D eigenvalue weighted by molar-refractivity contribution is -0.0203. The Kier molecular flexibility index (Phi) is 3.44. The summed E-state index contributed by atoms with van der Waals surface area (Å²) in [5, 5.41) is 0.807. The Morgan fingerprint density at radius 3 is 3.20 bits per heavy atom. The molecule has 0 aromatic rings. The van der Waals surface area contributed by atoms with Crippen LogP contribution in [-0.4, -0.2) is 46.7 Å². The van der Waals surface area contributed by atoms with E-state index in [0.29, 0.717) is 6.04 Å². The van der Waals surface area contributed by atoms with Crippen LogP contribution in [0.3, 0.4) is 0 Å². The van der Waals surface area contributed by atoms with E-state index in [1.165, 1.54) is 44.4 Å². The minimum atomic E-state index is 0.139. The largest absolute Gasteiger partial charge is 0.365 e. The van der Waals surface area contributed by atoms with Gasteiger partial charge in [0, 0.05) is 17.3 Å². The molecule has 1 saturated carbocycles. The monoisotopic (exact) mass is 293 g/mol. The number of fused-ring (bicyclic) bond motifs is 3. The zero-order valence-electron chi connectivity index (χ0n) is 12.8. The van der Waals surface area contributed by atoms with Crippen molar-refractivity contribution in [3.8, 4) is 0 Å². The molecule has 4 aliphatic rings. The van der Waals surface area contributed by atoms with Crippen LogP contribution >= 0.6 is 11.8 Å². The summed E-state index contributed by atoms with van der Waals surface area (Å²) in [5.41, 5.74) is 1.80. The Morgan fingerprint density at radius 1 is 1.45 bits per heavy atom. The van der Waals surface area contributed by atoms with E-state index < -0.39 is 0 Å². The molecule has 3 fully saturated rings. The van der Waals surface area contributed by atoms with Crippen molar-refractivity contribution < 1.29 is 4.74 Å². The zero-order valence-corrected chi connectivity index (χ0v) is 13.6. The fourth-order valence-electron chi connectivity index (χ4n) is 4.91. The van der Waals surface area contributed by atoms with E-state index in [-0.39, 0.29) is 5.60 Å². The predicted molar refractivity (Wildman–Crippen MR) is 85.2 cm³/mol. The summed E-state index contributed by atoms with van der Waals surface area (Å²) < 4.78 is 6.34. The molecule has 2 saturated heterocycles. The van der Waals surface area contributed by atoms with Gasteiger partial charge in [0.25, 0.3) is 0 Å². The van der Waals surface area contributed by atoms with Crippen molar-refractivity contribution in [1.29, 1.82) is 0 Å². The number of hydrogen-bond donors (Lipinski definition) is 0. The Labute approximate surface area is 127 Å². The summed E-state index contributed by atoms with van der Waals surface area (Å²) in [6.45, 7) is 6.87. The van der Waals surface area contributed by atoms with E-state index in [9.17, 15) is 0 Å². The van der Waals surface area contributed by atoms with Crippen LogP contribution in [0.5, 0.6) is 0 Å². The lowest BCUT2D eigenvalue weighted by Gasteiger charge is -2.38. The smallest absolute Gasteiger partial charge is 0.107 e. The van der Waals surface area contributed by atoms with E-state index in [2.05, 4.69) is 36.6 Å². The van der Waals surface area contributed by atoms with E-state index >= 15 is 0 Å². The standard InChI is InChI=1S/C17H27NOS/c1-12(2)11-20-15-9-13-6-8-19-17(13)10-14(15)18-7-4-3-5-16(17)18/h6,12,14-16H,3-5,7-11H2,1-2H3. The van der Waals surface area contributed by atoms with Crippen molar-refractivity contribution in [3.05, 3.63) is 11.6 Å². The average molecular weight is 293 g/mol. The second-order valence-electron chi connectivity index (χ2n) is 7.42. The molecular weight excluding hydrogens is 266 g/mol. The number of hydrogen-bond acceptors (Lipinski definition) is 3. The molecule has 3 heterocycles. The van der Waals surface area contributed by atoms with Gasteiger partial charge in [0.2, 0.25) is 0 Å². The summed E-state index contributed by atoms with van der Waals surface area (Å²) in [6, 6.07) is 1.47. The van der Waals surface area contributed by atoms with Crippen LogP contribution in [0.1, 0.15) is 46.0 Å². The SMILES string of the molecule is CC(C)CSC1CC2=CCOC23CC1N1CCCCC13. The normalized spacial score (nSPS) is 43.5. The maximum atomic E-state index is 6.34. The Balaban J connectivity index is 1.61. The van der Waals surface area contributed by atoms with E-state index in [0.717, 1.165) is 23.8 Å². The van der Waals surface area contributed by atoms with Crippen LogP contribution in [0.4, 0.5) is 0 Å². The van der Waals surface area contributed by atoms with E-state index in [1.807, 2.05) is 0 Å². The average Bonchev–Trinajstić information content (AvgIpc) is 2.99. The first-order valence-electron chi connectivity index (χ1n) is 8.41. The molecule has 2 nitrogen and oxygen atoms in total. The van der Waals surface area contributed by atoms with Gasteiger partial charge in [-0.15, -0.1) is 0 Å². The fourth-order valence-corrected chi connectivity index (χ4v) is 6.32. The molecule has 1 aliphatic carbocycles. The van der Waals surface area contributed by atoms with Gasteiger partial charge >= 0.3 is 0 Å². The summed E-state index contributed by atoms with van der Waals surface area (Å²) in [7, 11) is 0. The molecule has 3 heteroatoms. The molecule has 0 N–H and O–H groups in total. The molecule has 1 spiro atoms. The number of piperidine rings is 1. The molecule has 4 atom stereocenters. The first kappa shape index (κ1) is 13.7. The summed E-state index contributed by atoms with van der Waals surface area (Å²) in [6.07, 6.45) is 9.13. The van der Waals surface area contributed by atoms with Gasteiger partial charge in [-0.25, -0.2) is 0 Å². The molecule has 2 bridgehead atoms. The third-order valence-corrected chi connectivity index (χ3v) is 7.50. The van der Waals surface area contributed by atoms with Crippen LogP contribution in [0, 0.1) is 5.92 Å². The van der Waals surface area contributed by atoms with Crippen molar-refractivity contribution in [2.75, 3.05) is 18.9 Å². The van der Waals surface area contributed by atoms with Crippen molar-refractivity contribution in [2.45, 2.75) is 68.9 Å². The molecule has 112 valence electrons. The topological polar surface area (TPSA) is 12.5 Å². The number of thioether (sulfide) groups is 1. The molecule has 3 aliphatic heterocycles. The van der Waals surface area contributed by atoms with Crippen LogP contribution in [0.25, 0.3) is 0 Å². The first-order valence-corrected chi connectivity index (χ1v) is 9.46. The lowest BCUT2D eigenvalue weighted by Crippen LogP contribution is -2.47. The predicted octanol–water partition coefficient (Wildman–Crippen LogP) is 3.47. The maximum Gasteiger partial charge on any atom is 0.107 e. The number of rotatable bonds is 3. The van der Waals surface area contributed by atoms with Gasteiger partial charge < -0.3 is 4.74 Å². The van der Waals surface area contributed by atoms with E-state index in [1.54, 1.807) is 5.57 Å². The third kappa shape index (κ3) is 1.93. The van der Waals surface area contributed by atoms with Crippen LogP contribution in [-0.2, 0) is 4.74 Å². The highest BCUT2D eigenvalue weighted by atomic mass is 32.2. The fraction of sp³-hybridized carbons (Fsp3) is 0.882. The van der Waals surface area contributed by atoms with Crippen LogP contribution in [0.2, 0.25) is 0 Å². The molecule has 0 amide bonds. The van der Waals surface area contributed by atoms with Gasteiger partial charge in [-0.3, -0.25) is 4.90 Å². The van der Waals surface area contributed by atoms with Gasteiger partial charge in [-0.1, -0.05) is 26.3 Å². The molecule has 0 radical (unpaired) electrons. The summed E-state index contributed by atoms with van der Waals surface area (Å²) >= 11 is 2.23. The first-order chi connectivity index (χ1) is 9.71. The minimum absolute atomic E-state index is 0.139. The molecule has 20 heavy (non-hydrogen) atoms. The molecular formula is C17H27NOS. The number of ether oxygens (including phenoxy) is 1. The molecule has 0 aromatic heterocycles. The second-order valence-corrected chi connectivity index (χ2v) is 8.69. The quantitative estimate of drug-likeness (QED) is 0.739. The van der Waals surface area contributed by atoms with Gasteiger partial charge in [-0.2, -0.15) is 11.8 Å². The van der Waals surface area contributed by atoms with Gasteiger partial charge in [0.1, 0.15) is 5.60 Å². The van der Waals surface area contributed by atoms with Crippen LogP contribution in [0.15, 0.2) is 11.6 Å². The van der Waals surface area contributed by atoms with Gasteiger partial charge in [0.15, 0.2) is 0 Å². The zero-order chi connectivity index (χ0) is 13.7. The van der Waals surface area contributed by atoms with Crippen molar-refractivity contribution >= 4 is 11.8 Å². The molecule has 4 unspecified atom stereocenters. The highest BCUT2D eigenvalue weighted by molar-refractivity contribution is 7.99. The Bertz CT molecular complexity index is 421. The Hall–Kier alpha value is 0.01000. The molecule has 0 aromatic carbocycles. The van der Waals surface area contributed by atoms with Gasteiger partial charge in [-0.05, 0) is 49.5 Å². The molecule has 4 rings (SSSR count). The van der Waals surface area contributed by atoms with E-state index in [4.69, 9.17) is 4.74 Å². The Morgan fingerprint density at radius 2 is 2.35 bits per heavy atom. The third-order valence-electron chi connectivity index (χ3n) is 5.73. The van der Waals surface area contributed by atoms with Gasteiger partial charge in [0.05, 0.1) is 6.61 Å². The minimum Gasteiger partial charge on any atom is -0.365 e. The van der Waals surface area contributed by atoms with Crippen LogP contribution < -0.4 is 0 Å². The lowest BCUT2D eigenvalue weighted by atomic mass is 9.77. The summed E-state index contributed by atoms with van der Waals surface area (Å²) in [4.78, 5) is 2.84. The van der Waals surface area contributed by atoms with Crippen molar-refractivity contribution in [1.82, 2.24) is 4.90 Å². The highest BCUT2D eigenvalue weighted by Gasteiger charge is 2.61. The summed E-state index contributed by atoms with van der Waals surface area (Å²) in [5.74, 6) is 2.11.